The summed E-state index contributed by atoms with van der Waals surface area (Å²) >= 11 is 2.97. The van der Waals surface area contributed by atoms with E-state index in [1.807, 2.05) is 30.5 Å². The van der Waals surface area contributed by atoms with Crippen molar-refractivity contribution in [1.29, 1.82) is 0 Å². The van der Waals surface area contributed by atoms with E-state index in [1.54, 1.807) is 11.8 Å². The van der Waals surface area contributed by atoms with E-state index in [9.17, 15) is 4.79 Å². The van der Waals surface area contributed by atoms with Crippen LogP contribution in [0.2, 0.25) is 0 Å². The number of aryl methyl sites for hydroxylation is 1. The lowest BCUT2D eigenvalue weighted by atomic mass is 10.1. The summed E-state index contributed by atoms with van der Waals surface area (Å²) in [6.45, 7) is 0. The fourth-order valence-electron chi connectivity index (χ4n) is 2.19. The molecule has 1 aromatic carbocycles. The van der Waals surface area contributed by atoms with Crippen LogP contribution >= 0.6 is 23.5 Å². The number of anilines is 1. The van der Waals surface area contributed by atoms with Crippen LogP contribution in [0.25, 0.3) is 0 Å². The Bertz CT molecular complexity index is 645. The quantitative estimate of drug-likeness (QED) is 0.934. The van der Waals surface area contributed by atoms with Crippen molar-refractivity contribution in [3.05, 3.63) is 35.7 Å². The molecule has 5 nitrogen and oxygen atoms in total. The maximum Gasteiger partial charge on any atom is 0.277 e. The van der Waals surface area contributed by atoms with Crippen molar-refractivity contribution in [3.63, 3.8) is 0 Å². The van der Waals surface area contributed by atoms with E-state index in [-0.39, 0.29) is 11.2 Å². The SMILES string of the molecule is CSCc1nnc(SC2CCc3ccccc3NC2=O)o1. The molecule has 1 amide bonds. The second-order valence-electron chi connectivity index (χ2n) is 4.69. The lowest BCUT2D eigenvalue weighted by Gasteiger charge is -2.09. The number of amides is 1. The number of nitrogens with zero attached hydrogens (tertiary/aromatic N) is 2. The first-order valence-corrected chi connectivity index (χ1v) is 8.90. The van der Waals surface area contributed by atoms with Crippen LogP contribution in [0.1, 0.15) is 17.9 Å². The van der Waals surface area contributed by atoms with Crippen molar-refractivity contribution in [1.82, 2.24) is 10.2 Å². The second kappa shape index (κ2) is 6.53. The van der Waals surface area contributed by atoms with Crippen LogP contribution < -0.4 is 5.32 Å². The van der Waals surface area contributed by atoms with Crippen LogP contribution in [0.5, 0.6) is 0 Å². The average Bonchev–Trinajstić information content (AvgIpc) is 2.85. The fourth-order valence-corrected chi connectivity index (χ4v) is 3.43. The number of carbonyl (C=O) groups excluding carboxylic acids is 1. The molecule has 1 N–H and O–H groups in total. The minimum absolute atomic E-state index is 0.00503. The molecule has 1 unspecified atom stereocenters. The van der Waals surface area contributed by atoms with Gasteiger partial charge in [0, 0.05) is 5.69 Å². The van der Waals surface area contributed by atoms with Crippen LogP contribution in [-0.2, 0) is 17.0 Å². The normalized spacial score (nSPS) is 18.0. The summed E-state index contributed by atoms with van der Waals surface area (Å²) in [7, 11) is 0. The fraction of sp³-hybridized carbons (Fsp3) is 0.357. The number of hydrogen-bond acceptors (Lipinski definition) is 6. The highest BCUT2D eigenvalue weighted by Crippen LogP contribution is 2.31. The molecule has 0 fully saturated rings. The van der Waals surface area contributed by atoms with Gasteiger partial charge in [-0.05, 0) is 30.7 Å². The van der Waals surface area contributed by atoms with E-state index in [4.69, 9.17) is 4.42 Å². The molecule has 1 aliphatic rings. The molecule has 0 radical (unpaired) electrons. The average molecular weight is 321 g/mol. The van der Waals surface area contributed by atoms with Crippen molar-refractivity contribution < 1.29 is 9.21 Å². The maximum absolute atomic E-state index is 12.3. The number of aromatic nitrogens is 2. The van der Waals surface area contributed by atoms with E-state index in [0.717, 1.165) is 18.5 Å². The molecule has 2 aromatic rings. The molecule has 0 bridgehead atoms. The van der Waals surface area contributed by atoms with Gasteiger partial charge in [0.2, 0.25) is 11.8 Å². The van der Waals surface area contributed by atoms with Crippen LogP contribution in [0.3, 0.4) is 0 Å². The lowest BCUT2D eigenvalue weighted by molar-refractivity contribution is -0.115. The Morgan fingerprint density at radius 3 is 3.10 bits per heavy atom. The summed E-state index contributed by atoms with van der Waals surface area (Å²) in [5.41, 5.74) is 2.07. The van der Waals surface area contributed by atoms with Gasteiger partial charge in [-0.3, -0.25) is 4.79 Å². The highest BCUT2D eigenvalue weighted by molar-refractivity contribution is 8.00. The number of hydrogen-bond donors (Lipinski definition) is 1. The molecule has 0 saturated heterocycles. The van der Waals surface area contributed by atoms with Crippen molar-refractivity contribution in [2.75, 3.05) is 11.6 Å². The molecule has 110 valence electrons. The molecule has 3 rings (SSSR count). The summed E-state index contributed by atoms with van der Waals surface area (Å²) in [6.07, 6.45) is 3.60. The monoisotopic (exact) mass is 321 g/mol. The maximum atomic E-state index is 12.3. The van der Waals surface area contributed by atoms with E-state index in [1.165, 1.54) is 17.3 Å². The molecule has 1 aromatic heterocycles. The van der Waals surface area contributed by atoms with Gasteiger partial charge in [-0.2, -0.15) is 11.8 Å². The summed E-state index contributed by atoms with van der Waals surface area (Å²) in [5, 5.41) is 11.2. The molecule has 0 spiro atoms. The third-order valence-electron chi connectivity index (χ3n) is 3.20. The number of fused-ring (bicyclic) bond motifs is 1. The summed E-state index contributed by atoms with van der Waals surface area (Å²) < 4.78 is 5.53. The first-order chi connectivity index (χ1) is 10.3. The minimum atomic E-state index is -0.208. The Morgan fingerprint density at radius 2 is 2.24 bits per heavy atom. The Hall–Kier alpha value is -1.47. The van der Waals surface area contributed by atoms with Crippen molar-refractivity contribution in [2.45, 2.75) is 29.1 Å². The zero-order valence-corrected chi connectivity index (χ0v) is 13.2. The van der Waals surface area contributed by atoms with Gasteiger partial charge < -0.3 is 9.73 Å². The molecule has 0 saturated carbocycles. The number of carbonyl (C=O) groups is 1. The lowest BCUT2D eigenvalue weighted by Crippen LogP contribution is -2.23. The summed E-state index contributed by atoms with van der Waals surface area (Å²) in [4.78, 5) is 12.3. The van der Waals surface area contributed by atoms with Crippen LogP contribution in [0.4, 0.5) is 5.69 Å². The number of thioether (sulfide) groups is 2. The van der Waals surface area contributed by atoms with Crippen LogP contribution in [0, 0.1) is 0 Å². The van der Waals surface area contributed by atoms with E-state index >= 15 is 0 Å². The van der Waals surface area contributed by atoms with Crippen molar-refractivity contribution in [2.24, 2.45) is 0 Å². The van der Waals surface area contributed by atoms with Gasteiger partial charge in [-0.1, -0.05) is 30.0 Å². The first kappa shape index (κ1) is 14.5. The smallest absolute Gasteiger partial charge is 0.277 e. The van der Waals surface area contributed by atoms with Gasteiger partial charge in [0.25, 0.3) is 5.22 Å². The highest BCUT2D eigenvalue weighted by Gasteiger charge is 2.26. The Morgan fingerprint density at radius 1 is 1.38 bits per heavy atom. The molecule has 1 atom stereocenters. The Labute approximate surface area is 131 Å². The molecule has 2 heterocycles. The predicted molar refractivity (Wildman–Crippen MR) is 84.6 cm³/mol. The van der Waals surface area contributed by atoms with Gasteiger partial charge in [0.1, 0.15) is 0 Å². The van der Waals surface area contributed by atoms with E-state index in [2.05, 4.69) is 15.5 Å². The molecule has 0 aliphatic carbocycles. The number of para-hydroxylation sites is 1. The molecule has 1 aliphatic heterocycles. The van der Waals surface area contributed by atoms with Gasteiger partial charge >= 0.3 is 0 Å². The molecule has 21 heavy (non-hydrogen) atoms. The van der Waals surface area contributed by atoms with E-state index < -0.39 is 0 Å². The van der Waals surface area contributed by atoms with Crippen molar-refractivity contribution in [3.8, 4) is 0 Å². The Kier molecular flexibility index (Phi) is 4.50. The Balaban J connectivity index is 1.70. The van der Waals surface area contributed by atoms with Gasteiger partial charge in [0.15, 0.2) is 0 Å². The first-order valence-electron chi connectivity index (χ1n) is 6.63. The molecule has 7 heteroatoms. The summed E-state index contributed by atoms with van der Waals surface area (Å²) in [5.74, 6) is 1.28. The topological polar surface area (TPSA) is 68.0 Å². The molecular formula is C14H15N3O2S2. The van der Waals surface area contributed by atoms with Gasteiger partial charge in [0.05, 0.1) is 11.0 Å². The zero-order chi connectivity index (χ0) is 14.7. The molecular weight excluding hydrogens is 306 g/mol. The van der Waals surface area contributed by atoms with Gasteiger partial charge in [-0.25, -0.2) is 0 Å². The van der Waals surface area contributed by atoms with Crippen LogP contribution in [-0.4, -0.2) is 27.6 Å². The van der Waals surface area contributed by atoms with Crippen molar-refractivity contribution >= 4 is 35.1 Å². The van der Waals surface area contributed by atoms with E-state index in [0.29, 0.717) is 16.9 Å². The summed E-state index contributed by atoms with van der Waals surface area (Å²) in [6, 6.07) is 7.90. The standard InChI is InChI=1S/C14H15N3O2S2/c1-20-8-12-16-17-14(19-12)21-11-7-6-9-4-2-3-5-10(9)15-13(11)18/h2-5,11H,6-8H2,1H3,(H,15,18). The predicted octanol–water partition coefficient (Wildman–Crippen LogP) is 2.98. The third kappa shape index (κ3) is 3.41. The largest absolute Gasteiger partial charge is 0.415 e. The third-order valence-corrected chi connectivity index (χ3v) is 4.84. The minimum Gasteiger partial charge on any atom is -0.415 e. The van der Waals surface area contributed by atoms with Crippen LogP contribution in [0.15, 0.2) is 33.9 Å². The highest BCUT2D eigenvalue weighted by atomic mass is 32.2. The second-order valence-corrected chi connectivity index (χ2v) is 6.71. The van der Waals surface area contributed by atoms with Gasteiger partial charge in [-0.15, -0.1) is 10.2 Å². The number of benzene rings is 1. The number of nitrogens with one attached hydrogen (secondary N) is 1. The zero-order valence-electron chi connectivity index (χ0n) is 11.5. The number of rotatable bonds is 4.